The Hall–Kier alpha value is -1.30. The van der Waals surface area contributed by atoms with Crippen molar-refractivity contribution in [3.8, 4) is 0 Å². The van der Waals surface area contributed by atoms with Crippen LogP contribution in [-0.4, -0.2) is 97.7 Å². The van der Waals surface area contributed by atoms with Gasteiger partial charge in [-0.2, -0.15) is 0 Å². The molecule has 0 heterocycles. The molecule has 0 saturated heterocycles. The molecule has 6 N–H and O–H groups in total. The van der Waals surface area contributed by atoms with E-state index in [1.165, 1.54) is 0 Å². The van der Waals surface area contributed by atoms with E-state index in [9.17, 15) is 9.59 Å². The van der Waals surface area contributed by atoms with Gasteiger partial charge in [0.2, 0.25) is 0 Å². The number of aliphatic hydroxyl groups is 4. The Balaban J connectivity index is 4.28. The third kappa shape index (κ3) is 16.2. The molecular formula is C19H38N2O8. The molecule has 0 aromatic heterocycles. The first-order valence-electron chi connectivity index (χ1n) is 10.1. The van der Waals surface area contributed by atoms with Gasteiger partial charge in [0.25, 0.3) is 0 Å². The van der Waals surface area contributed by atoms with Crippen LogP contribution in [0.25, 0.3) is 0 Å². The van der Waals surface area contributed by atoms with E-state index in [4.69, 9.17) is 29.9 Å². The molecule has 2 amide bonds. The van der Waals surface area contributed by atoms with E-state index in [-0.39, 0.29) is 64.7 Å². The van der Waals surface area contributed by atoms with Crippen LogP contribution < -0.4 is 10.6 Å². The molecule has 0 aliphatic rings. The minimum Gasteiger partial charge on any atom is -0.396 e. The number of unbranched alkanes of at least 4 members (excludes halogenated alkanes) is 2. The maximum atomic E-state index is 12.1. The molecule has 0 bridgehead atoms. The van der Waals surface area contributed by atoms with Crippen molar-refractivity contribution in [3.63, 3.8) is 0 Å². The van der Waals surface area contributed by atoms with Gasteiger partial charge in [-0.05, 0) is 19.8 Å². The number of nitrogens with one attached hydrogen (secondary N) is 2. The smallest absolute Gasteiger partial charge is 0.315 e. The van der Waals surface area contributed by atoms with Crippen molar-refractivity contribution in [1.29, 1.82) is 0 Å². The van der Waals surface area contributed by atoms with Gasteiger partial charge in [-0.15, -0.1) is 0 Å². The van der Waals surface area contributed by atoms with E-state index in [0.29, 0.717) is 13.0 Å². The summed E-state index contributed by atoms with van der Waals surface area (Å²) in [6, 6.07) is -0.862. The van der Waals surface area contributed by atoms with Crippen LogP contribution in [0.1, 0.15) is 32.6 Å². The zero-order valence-electron chi connectivity index (χ0n) is 17.3. The number of carbonyl (C=O) groups excluding carboxylic acids is 2. The molecule has 0 aliphatic carbocycles. The Morgan fingerprint density at radius 3 is 1.76 bits per heavy atom. The Bertz CT molecular complexity index is 399. The Morgan fingerprint density at radius 2 is 1.31 bits per heavy atom. The molecule has 0 aromatic rings. The number of hydrogen-bond donors (Lipinski definition) is 6. The van der Waals surface area contributed by atoms with Crippen LogP contribution in [0.2, 0.25) is 0 Å². The normalized spacial score (nSPS) is 11.4. The summed E-state index contributed by atoms with van der Waals surface area (Å²) in [5, 5.41) is 41.8. The van der Waals surface area contributed by atoms with Gasteiger partial charge in [0, 0.05) is 24.8 Å². The molecule has 29 heavy (non-hydrogen) atoms. The number of hydrogen-bond acceptors (Lipinski definition) is 8. The Morgan fingerprint density at radius 1 is 0.793 bits per heavy atom. The van der Waals surface area contributed by atoms with E-state index < -0.39 is 17.9 Å². The summed E-state index contributed by atoms with van der Waals surface area (Å²) in [5.41, 5.74) is 0. The lowest BCUT2D eigenvalue weighted by molar-refractivity contribution is -0.117. The van der Waals surface area contributed by atoms with E-state index in [0.717, 1.165) is 19.3 Å². The van der Waals surface area contributed by atoms with E-state index in [1.807, 2.05) is 0 Å². The first-order chi connectivity index (χ1) is 14.0. The lowest BCUT2D eigenvalue weighted by Gasteiger charge is -2.21. The number of aliphatic hydroxyl groups excluding tert-OH is 4. The second-order valence-electron chi connectivity index (χ2n) is 7.15. The number of urea groups is 1. The van der Waals surface area contributed by atoms with Gasteiger partial charge in [0.1, 0.15) is 5.78 Å². The standard InChI is InChI=1S/C19H38N2O8/c1-15(26)5-3-2-4-6-20-19(27)21-18(13-28-11-16(7-22)8-23)14-29-12-17(9-24)10-25/h16-18,22-25H,2-14H2,1H3,(H2,20,21,27). The summed E-state index contributed by atoms with van der Waals surface area (Å²) in [4.78, 5) is 22.9. The fourth-order valence-electron chi connectivity index (χ4n) is 2.33. The molecule has 0 atom stereocenters. The molecule has 0 aliphatic heterocycles. The second-order valence-corrected chi connectivity index (χ2v) is 7.15. The van der Waals surface area contributed by atoms with Crippen LogP contribution in [0.4, 0.5) is 4.79 Å². The van der Waals surface area contributed by atoms with E-state index >= 15 is 0 Å². The predicted octanol–water partition coefficient (Wildman–Crippen LogP) is -0.962. The van der Waals surface area contributed by atoms with Gasteiger partial charge in [-0.3, -0.25) is 0 Å². The molecule has 0 unspecified atom stereocenters. The molecule has 0 aromatic carbocycles. The highest BCUT2D eigenvalue weighted by atomic mass is 16.5. The van der Waals surface area contributed by atoms with Crippen LogP contribution in [0.15, 0.2) is 0 Å². The first-order valence-corrected chi connectivity index (χ1v) is 10.1. The zero-order chi connectivity index (χ0) is 21.9. The average Bonchev–Trinajstić information content (AvgIpc) is 2.70. The summed E-state index contributed by atoms with van der Waals surface area (Å²) in [6.07, 6.45) is 2.97. The van der Waals surface area contributed by atoms with Gasteiger partial charge in [-0.25, -0.2) is 4.79 Å². The zero-order valence-corrected chi connectivity index (χ0v) is 17.3. The Labute approximate surface area is 172 Å². The summed E-state index contributed by atoms with van der Waals surface area (Å²) in [5.74, 6) is -0.630. The molecule has 0 rings (SSSR count). The highest BCUT2D eigenvalue weighted by molar-refractivity contribution is 5.75. The maximum Gasteiger partial charge on any atom is 0.315 e. The summed E-state index contributed by atoms with van der Waals surface area (Å²) >= 11 is 0. The van der Waals surface area contributed by atoms with E-state index in [1.54, 1.807) is 6.92 Å². The van der Waals surface area contributed by atoms with Crippen molar-refractivity contribution in [3.05, 3.63) is 0 Å². The van der Waals surface area contributed by atoms with Crippen molar-refractivity contribution >= 4 is 11.8 Å². The molecule has 10 heteroatoms. The highest BCUT2D eigenvalue weighted by Crippen LogP contribution is 2.01. The topological polar surface area (TPSA) is 158 Å². The number of ketones is 1. The van der Waals surface area contributed by atoms with Crippen molar-refractivity contribution in [2.75, 3.05) is 59.4 Å². The van der Waals surface area contributed by atoms with Crippen LogP contribution >= 0.6 is 0 Å². The fourth-order valence-corrected chi connectivity index (χ4v) is 2.33. The van der Waals surface area contributed by atoms with Crippen LogP contribution in [0.3, 0.4) is 0 Å². The van der Waals surface area contributed by atoms with E-state index in [2.05, 4.69) is 10.6 Å². The lowest BCUT2D eigenvalue weighted by atomic mass is 10.1. The second kappa shape index (κ2) is 18.7. The Kier molecular flexibility index (Phi) is 17.9. The molecule has 10 nitrogen and oxygen atoms in total. The number of carbonyl (C=O) groups is 2. The average molecular weight is 423 g/mol. The van der Waals surface area contributed by atoms with Crippen LogP contribution in [0, 0.1) is 11.8 Å². The number of Topliss-reactive ketones (excluding diaryl/α,β-unsaturated/α-hetero) is 1. The van der Waals surface area contributed by atoms with Crippen molar-refractivity contribution < 1.29 is 39.5 Å². The summed E-state index contributed by atoms with van der Waals surface area (Å²) in [6.45, 7) is 1.73. The molecular weight excluding hydrogens is 384 g/mol. The largest absolute Gasteiger partial charge is 0.396 e. The highest BCUT2D eigenvalue weighted by Gasteiger charge is 2.16. The van der Waals surface area contributed by atoms with Gasteiger partial charge in [0.05, 0.1) is 58.9 Å². The third-order valence-electron chi connectivity index (χ3n) is 4.20. The number of rotatable bonds is 19. The minimum absolute atomic E-state index is 0.117. The van der Waals surface area contributed by atoms with Crippen molar-refractivity contribution in [1.82, 2.24) is 10.6 Å². The van der Waals surface area contributed by atoms with Gasteiger partial charge in [-0.1, -0.05) is 6.42 Å². The quantitative estimate of drug-likeness (QED) is 0.145. The van der Waals surface area contributed by atoms with Gasteiger partial charge in [0.15, 0.2) is 0 Å². The predicted molar refractivity (Wildman–Crippen MR) is 106 cm³/mol. The van der Waals surface area contributed by atoms with Crippen LogP contribution in [0.5, 0.6) is 0 Å². The van der Waals surface area contributed by atoms with Crippen molar-refractivity contribution in [2.45, 2.75) is 38.6 Å². The molecule has 0 fully saturated rings. The van der Waals surface area contributed by atoms with Crippen LogP contribution in [-0.2, 0) is 14.3 Å². The third-order valence-corrected chi connectivity index (χ3v) is 4.20. The van der Waals surface area contributed by atoms with Gasteiger partial charge < -0.3 is 45.3 Å². The first kappa shape index (κ1) is 27.7. The van der Waals surface area contributed by atoms with Crippen molar-refractivity contribution in [2.24, 2.45) is 11.8 Å². The molecule has 172 valence electrons. The number of ether oxygens (including phenoxy) is 2. The molecule has 0 saturated carbocycles. The lowest BCUT2D eigenvalue weighted by Crippen LogP contribution is -2.47. The molecule has 0 spiro atoms. The molecule has 0 radical (unpaired) electrons. The number of amides is 2. The maximum absolute atomic E-state index is 12.1. The fraction of sp³-hybridized carbons (Fsp3) is 0.895. The summed E-state index contributed by atoms with van der Waals surface area (Å²) in [7, 11) is 0. The minimum atomic E-state index is -0.483. The van der Waals surface area contributed by atoms with Gasteiger partial charge >= 0.3 is 6.03 Å². The SMILES string of the molecule is CC(=O)CCCCCNC(=O)NC(COCC(CO)CO)COCC(CO)CO. The monoisotopic (exact) mass is 422 g/mol. The summed E-state index contributed by atoms with van der Waals surface area (Å²) < 4.78 is 10.9.